The van der Waals surface area contributed by atoms with Crippen molar-refractivity contribution < 1.29 is 14.2 Å². The predicted molar refractivity (Wildman–Crippen MR) is 76.5 cm³/mol. The summed E-state index contributed by atoms with van der Waals surface area (Å²) in [5.41, 5.74) is 1.15. The molecule has 6 heteroatoms. The van der Waals surface area contributed by atoms with Crippen LogP contribution in [0.3, 0.4) is 0 Å². The van der Waals surface area contributed by atoms with E-state index in [0.29, 0.717) is 22.6 Å². The highest BCUT2D eigenvalue weighted by Gasteiger charge is 2.21. The summed E-state index contributed by atoms with van der Waals surface area (Å²) in [7, 11) is 4.88. The van der Waals surface area contributed by atoms with Crippen molar-refractivity contribution in [3.63, 3.8) is 0 Å². The van der Waals surface area contributed by atoms with Gasteiger partial charge in [-0.15, -0.1) is 24.2 Å². The Bertz CT molecular complexity index is 372. The van der Waals surface area contributed by atoms with Gasteiger partial charge < -0.3 is 19.5 Å². The van der Waals surface area contributed by atoms with Gasteiger partial charge in [0, 0.05) is 12.3 Å². The maximum atomic E-state index is 5.34. The van der Waals surface area contributed by atoms with Gasteiger partial charge in [-0.1, -0.05) is 0 Å². The Kier molecular flexibility index (Phi) is 5.91. The highest BCUT2D eigenvalue weighted by Crippen LogP contribution is 2.42. The molecule has 2 rings (SSSR count). The zero-order chi connectivity index (χ0) is 12.3. The smallest absolute Gasteiger partial charge is 0.203 e. The van der Waals surface area contributed by atoms with Gasteiger partial charge in [-0.3, -0.25) is 0 Å². The molecule has 1 atom stereocenters. The van der Waals surface area contributed by atoms with Crippen molar-refractivity contribution in [2.75, 3.05) is 33.6 Å². The van der Waals surface area contributed by atoms with E-state index in [2.05, 4.69) is 5.32 Å². The molecule has 18 heavy (non-hydrogen) atoms. The van der Waals surface area contributed by atoms with Crippen molar-refractivity contribution in [1.82, 2.24) is 5.32 Å². The first kappa shape index (κ1) is 15.3. The van der Waals surface area contributed by atoms with Crippen LogP contribution in [0, 0.1) is 0 Å². The number of thioether (sulfide) groups is 1. The monoisotopic (exact) mass is 291 g/mol. The van der Waals surface area contributed by atoms with E-state index >= 15 is 0 Å². The van der Waals surface area contributed by atoms with E-state index < -0.39 is 0 Å². The highest BCUT2D eigenvalue weighted by atomic mass is 35.5. The molecule has 1 N–H and O–H groups in total. The van der Waals surface area contributed by atoms with Crippen LogP contribution in [-0.4, -0.2) is 33.6 Å². The van der Waals surface area contributed by atoms with E-state index in [9.17, 15) is 0 Å². The molecule has 1 aromatic rings. The van der Waals surface area contributed by atoms with Crippen LogP contribution in [0.1, 0.15) is 10.9 Å². The van der Waals surface area contributed by atoms with Crippen LogP contribution < -0.4 is 19.5 Å². The fourth-order valence-corrected chi connectivity index (χ4v) is 2.93. The Labute approximate surface area is 118 Å². The maximum Gasteiger partial charge on any atom is 0.203 e. The lowest BCUT2D eigenvalue weighted by atomic mass is 10.1. The molecule has 1 aliphatic rings. The van der Waals surface area contributed by atoms with E-state index in [1.807, 2.05) is 23.9 Å². The molecule has 102 valence electrons. The molecule has 0 saturated carbocycles. The topological polar surface area (TPSA) is 39.7 Å². The number of ether oxygens (including phenoxy) is 3. The second-order valence-electron chi connectivity index (χ2n) is 3.66. The number of halogens is 1. The minimum Gasteiger partial charge on any atom is -0.493 e. The molecule has 0 spiro atoms. The van der Waals surface area contributed by atoms with E-state index in [0.717, 1.165) is 17.9 Å². The summed E-state index contributed by atoms with van der Waals surface area (Å²) in [6, 6.07) is 3.99. The summed E-state index contributed by atoms with van der Waals surface area (Å²) < 4.78 is 16.0. The SMILES string of the molecule is COc1cc(C2NCCS2)cc(OC)c1OC.Cl. The van der Waals surface area contributed by atoms with Crippen molar-refractivity contribution in [3.8, 4) is 17.2 Å². The molecule has 1 saturated heterocycles. The first-order chi connectivity index (χ1) is 8.30. The Morgan fingerprint density at radius 2 is 1.72 bits per heavy atom. The van der Waals surface area contributed by atoms with E-state index in [1.165, 1.54) is 0 Å². The fraction of sp³-hybridized carbons (Fsp3) is 0.500. The summed E-state index contributed by atoms with van der Waals surface area (Å²) >= 11 is 1.88. The van der Waals surface area contributed by atoms with Crippen LogP contribution in [0.5, 0.6) is 17.2 Å². The molecule has 0 bridgehead atoms. The highest BCUT2D eigenvalue weighted by molar-refractivity contribution is 7.99. The van der Waals surface area contributed by atoms with Crippen molar-refractivity contribution in [2.45, 2.75) is 5.37 Å². The first-order valence-corrected chi connectivity index (χ1v) is 6.50. The molecule has 1 heterocycles. The molecule has 0 aliphatic carbocycles. The molecule has 4 nitrogen and oxygen atoms in total. The van der Waals surface area contributed by atoms with Crippen LogP contribution in [0.4, 0.5) is 0 Å². The molecular weight excluding hydrogens is 274 g/mol. The van der Waals surface area contributed by atoms with Gasteiger partial charge in [-0.25, -0.2) is 0 Å². The molecule has 0 aromatic heterocycles. The normalized spacial score (nSPS) is 18.1. The zero-order valence-electron chi connectivity index (χ0n) is 10.7. The second kappa shape index (κ2) is 6.97. The lowest BCUT2D eigenvalue weighted by Crippen LogP contribution is -2.12. The van der Waals surface area contributed by atoms with Gasteiger partial charge >= 0.3 is 0 Å². The summed E-state index contributed by atoms with van der Waals surface area (Å²) in [6.07, 6.45) is 0. The van der Waals surface area contributed by atoms with Crippen LogP contribution in [0.15, 0.2) is 12.1 Å². The third-order valence-corrected chi connectivity index (χ3v) is 3.92. The van der Waals surface area contributed by atoms with Gasteiger partial charge in [0.25, 0.3) is 0 Å². The summed E-state index contributed by atoms with van der Waals surface area (Å²) in [5.74, 6) is 3.18. The molecule has 0 radical (unpaired) electrons. The van der Waals surface area contributed by atoms with Crippen molar-refractivity contribution >= 4 is 24.2 Å². The predicted octanol–water partition coefficient (Wildman–Crippen LogP) is 2.47. The van der Waals surface area contributed by atoms with Gasteiger partial charge in [-0.05, 0) is 17.7 Å². The average Bonchev–Trinajstić information content (AvgIpc) is 2.90. The largest absolute Gasteiger partial charge is 0.493 e. The Morgan fingerprint density at radius 3 is 2.11 bits per heavy atom. The van der Waals surface area contributed by atoms with Crippen molar-refractivity contribution in [2.24, 2.45) is 0 Å². The summed E-state index contributed by atoms with van der Waals surface area (Å²) in [5, 5.41) is 3.73. The molecule has 1 aromatic carbocycles. The number of hydrogen-bond acceptors (Lipinski definition) is 5. The number of rotatable bonds is 4. The molecule has 1 fully saturated rings. The Balaban J connectivity index is 0.00000162. The number of benzene rings is 1. The van der Waals surface area contributed by atoms with Crippen LogP contribution >= 0.6 is 24.2 Å². The van der Waals surface area contributed by atoms with E-state index in [1.54, 1.807) is 21.3 Å². The average molecular weight is 292 g/mol. The minimum absolute atomic E-state index is 0. The number of methoxy groups -OCH3 is 3. The van der Waals surface area contributed by atoms with Crippen LogP contribution in [-0.2, 0) is 0 Å². The van der Waals surface area contributed by atoms with E-state index in [4.69, 9.17) is 14.2 Å². The van der Waals surface area contributed by atoms with Crippen molar-refractivity contribution in [3.05, 3.63) is 17.7 Å². The summed E-state index contributed by atoms with van der Waals surface area (Å²) in [4.78, 5) is 0. The van der Waals surface area contributed by atoms with Crippen molar-refractivity contribution in [1.29, 1.82) is 0 Å². The molecule has 0 amide bonds. The Morgan fingerprint density at radius 1 is 1.11 bits per heavy atom. The number of nitrogens with one attached hydrogen (secondary N) is 1. The minimum atomic E-state index is 0. The van der Waals surface area contributed by atoms with Gasteiger partial charge in [0.05, 0.1) is 26.7 Å². The van der Waals surface area contributed by atoms with E-state index in [-0.39, 0.29) is 12.4 Å². The van der Waals surface area contributed by atoms with Gasteiger partial charge in [-0.2, -0.15) is 0 Å². The molecular formula is C12H18ClNO3S. The third kappa shape index (κ3) is 2.96. The van der Waals surface area contributed by atoms with Gasteiger partial charge in [0.15, 0.2) is 11.5 Å². The van der Waals surface area contributed by atoms with Crippen LogP contribution in [0.25, 0.3) is 0 Å². The van der Waals surface area contributed by atoms with Gasteiger partial charge in [0.2, 0.25) is 5.75 Å². The maximum absolute atomic E-state index is 5.34. The molecule has 1 unspecified atom stereocenters. The lowest BCUT2D eigenvalue weighted by Gasteiger charge is -2.16. The first-order valence-electron chi connectivity index (χ1n) is 5.45. The lowest BCUT2D eigenvalue weighted by molar-refractivity contribution is 0.323. The zero-order valence-corrected chi connectivity index (χ0v) is 12.3. The van der Waals surface area contributed by atoms with Crippen LogP contribution in [0.2, 0.25) is 0 Å². The quantitative estimate of drug-likeness (QED) is 0.923. The summed E-state index contributed by atoms with van der Waals surface area (Å²) in [6.45, 7) is 1.03. The number of hydrogen-bond donors (Lipinski definition) is 1. The molecule has 1 aliphatic heterocycles. The van der Waals surface area contributed by atoms with Gasteiger partial charge in [0.1, 0.15) is 0 Å². The fourth-order valence-electron chi connectivity index (χ4n) is 1.89. The standard InChI is InChI=1S/C12H17NO3S.ClH/c1-14-9-6-8(12-13-4-5-17-12)7-10(15-2)11(9)16-3;/h6-7,12-13H,4-5H2,1-3H3;1H. The second-order valence-corrected chi connectivity index (χ2v) is 4.88. The third-order valence-electron chi connectivity index (χ3n) is 2.71. The Hall–Kier alpha value is -0.780.